The second-order valence-corrected chi connectivity index (χ2v) is 0.954. The van der Waals surface area contributed by atoms with Crippen LogP contribution in [0, 0.1) is 5.41 Å². The molecule has 0 heterocycles. The van der Waals surface area contributed by atoms with Crippen LogP contribution in [0.2, 0.25) is 0 Å². The molecule has 0 aliphatic carbocycles. The molecule has 0 radical (unpaired) electrons. The van der Waals surface area contributed by atoms with Gasteiger partial charge in [0.05, 0.1) is 6.21 Å². The maximum atomic E-state index is 7.64. The molecule has 0 saturated carbocycles. The smallest absolute Gasteiger partial charge is 0.185 e. The molecule has 0 fully saturated rings. The highest BCUT2D eigenvalue weighted by atomic mass is 35.5. The van der Waals surface area contributed by atoms with Crippen LogP contribution in [-0.4, -0.2) is 16.6 Å². The Bertz CT molecular complexity index is 79.6. The van der Waals surface area contributed by atoms with Crippen LogP contribution in [0.1, 0.15) is 0 Å². The van der Waals surface area contributed by atoms with E-state index in [2.05, 4.69) is 5.16 Å². The highest BCUT2D eigenvalue weighted by molar-refractivity contribution is 6.79. The largest absolute Gasteiger partial charge is 0.410 e. The van der Waals surface area contributed by atoms with Crippen LogP contribution in [0.15, 0.2) is 5.16 Å². The van der Waals surface area contributed by atoms with E-state index in [1.165, 1.54) is 0 Å². The fourth-order valence-corrected chi connectivity index (χ4v) is 0.0289. The van der Waals surface area contributed by atoms with E-state index in [1.54, 1.807) is 0 Å². The standard InChI is InChI=1S/C2H3ClN2O/c3-2(1-4)5-6/h1,4,6H/b4-1?,5-2-. The van der Waals surface area contributed by atoms with E-state index in [9.17, 15) is 0 Å². The first-order chi connectivity index (χ1) is 2.81. The minimum absolute atomic E-state index is 0.213. The lowest BCUT2D eigenvalue weighted by Crippen LogP contribution is -1.82. The summed E-state index contributed by atoms with van der Waals surface area (Å²) in [4.78, 5) is 0. The van der Waals surface area contributed by atoms with Gasteiger partial charge in [0, 0.05) is 0 Å². The lowest BCUT2D eigenvalue weighted by molar-refractivity contribution is 0.321. The molecular weight excluding hydrogens is 103 g/mol. The molecule has 0 aliphatic rings. The van der Waals surface area contributed by atoms with E-state index in [0.717, 1.165) is 6.21 Å². The fraction of sp³-hybridized carbons (Fsp3) is 0. The van der Waals surface area contributed by atoms with Crippen LogP contribution >= 0.6 is 11.6 Å². The van der Waals surface area contributed by atoms with Crippen molar-refractivity contribution in [3.05, 3.63) is 0 Å². The first-order valence-corrected chi connectivity index (χ1v) is 1.57. The Morgan fingerprint density at radius 2 is 2.50 bits per heavy atom. The summed E-state index contributed by atoms with van der Waals surface area (Å²) in [5, 5.41) is 16.1. The van der Waals surface area contributed by atoms with Gasteiger partial charge >= 0.3 is 0 Å². The summed E-state index contributed by atoms with van der Waals surface area (Å²) in [6.07, 6.45) is 0.738. The predicted octanol–water partition coefficient (Wildman–Crippen LogP) is 0.662. The van der Waals surface area contributed by atoms with Gasteiger partial charge in [-0.25, -0.2) is 0 Å². The van der Waals surface area contributed by atoms with Crippen LogP contribution in [0.25, 0.3) is 0 Å². The SMILES string of the molecule is N=C/C(Cl)=N/O. The van der Waals surface area contributed by atoms with E-state index in [0.29, 0.717) is 0 Å². The number of nitrogens with one attached hydrogen (secondary N) is 1. The third-order valence-corrected chi connectivity index (χ3v) is 0.399. The van der Waals surface area contributed by atoms with Gasteiger partial charge in [-0.3, -0.25) is 0 Å². The van der Waals surface area contributed by atoms with Crippen LogP contribution in [0.5, 0.6) is 0 Å². The van der Waals surface area contributed by atoms with Gasteiger partial charge in [0.1, 0.15) is 0 Å². The molecule has 0 aromatic heterocycles. The van der Waals surface area contributed by atoms with Gasteiger partial charge in [-0.1, -0.05) is 16.8 Å². The van der Waals surface area contributed by atoms with Crippen molar-refractivity contribution < 1.29 is 5.21 Å². The van der Waals surface area contributed by atoms with Crippen molar-refractivity contribution in [2.45, 2.75) is 0 Å². The molecule has 6 heavy (non-hydrogen) atoms. The molecule has 34 valence electrons. The van der Waals surface area contributed by atoms with E-state index in [1.807, 2.05) is 0 Å². The summed E-state index contributed by atoms with van der Waals surface area (Å²) in [5.74, 6) is 0. The van der Waals surface area contributed by atoms with Crippen molar-refractivity contribution in [2.24, 2.45) is 5.16 Å². The van der Waals surface area contributed by atoms with Crippen LogP contribution in [0.4, 0.5) is 0 Å². The van der Waals surface area contributed by atoms with Gasteiger partial charge in [0.15, 0.2) is 5.17 Å². The monoisotopic (exact) mass is 106 g/mol. The summed E-state index contributed by atoms with van der Waals surface area (Å²) in [6.45, 7) is 0. The first kappa shape index (κ1) is 5.43. The Morgan fingerprint density at radius 3 is 2.50 bits per heavy atom. The second kappa shape index (κ2) is 2.66. The third kappa shape index (κ3) is 1.72. The highest BCUT2D eigenvalue weighted by Gasteiger charge is 1.77. The van der Waals surface area contributed by atoms with E-state index < -0.39 is 0 Å². The molecule has 4 heteroatoms. The van der Waals surface area contributed by atoms with E-state index in [-0.39, 0.29) is 5.17 Å². The summed E-state index contributed by atoms with van der Waals surface area (Å²) < 4.78 is 0. The molecule has 2 N–H and O–H groups in total. The quantitative estimate of drug-likeness (QED) is 0.288. The van der Waals surface area contributed by atoms with Crippen molar-refractivity contribution in [2.75, 3.05) is 0 Å². The van der Waals surface area contributed by atoms with E-state index >= 15 is 0 Å². The van der Waals surface area contributed by atoms with Gasteiger partial charge in [-0.05, 0) is 0 Å². The maximum absolute atomic E-state index is 7.64. The average molecular weight is 107 g/mol. The Labute approximate surface area is 39.7 Å². The summed E-state index contributed by atoms with van der Waals surface area (Å²) in [5.41, 5.74) is 0. The zero-order chi connectivity index (χ0) is 4.99. The molecule has 3 nitrogen and oxygen atoms in total. The molecule has 0 aromatic rings. The van der Waals surface area contributed by atoms with Crippen LogP contribution in [-0.2, 0) is 0 Å². The molecule has 0 aromatic carbocycles. The van der Waals surface area contributed by atoms with Crippen molar-refractivity contribution in [1.29, 1.82) is 5.41 Å². The summed E-state index contributed by atoms with van der Waals surface area (Å²) >= 11 is 4.91. The zero-order valence-corrected chi connectivity index (χ0v) is 3.61. The third-order valence-electron chi connectivity index (χ3n) is 0.215. The van der Waals surface area contributed by atoms with E-state index in [4.69, 9.17) is 22.2 Å². The lowest BCUT2D eigenvalue weighted by atomic mass is 10.8. The minimum atomic E-state index is -0.213. The number of hydrogen-bond acceptors (Lipinski definition) is 3. The normalized spacial score (nSPS) is 11.2. The van der Waals surface area contributed by atoms with Gasteiger partial charge in [-0.2, -0.15) is 0 Å². The van der Waals surface area contributed by atoms with Gasteiger partial charge < -0.3 is 10.6 Å². The number of halogens is 1. The topological polar surface area (TPSA) is 56.4 Å². The van der Waals surface area contributed by atoms with Gasteiger partial charge in [-0.15, -0.1) is 0 Å². The van der Waals surface area contributed by atoms with Crippen molar-refractivity contribution in [1.82, 2.24) is 0 Å². The molecule has 0 atom stereocenters. The van der Waals surface area contributed by atoms with Crippen molar-refractivity contribution in [3.63, 3.8) is 0 Å². The van der Waals surface area contributed by atoms with Crippen LogP contribution < -0.4 is 0 Å². The molecule has 0 amide bonds. The molecule has 0 saturated heterocycles. The summed E-state index contributed by atoms with van der Waals surface area (Å²) in [6, 6.07) is 0. The van der Waals surface area contributed by atoms with Gasteiger partial charge in [0.25, 0.3) is 0 Å². The number of oxime groups is 1. The molecule has 0 aliphatic heterocycles. The number of nitrogens with zero attached hydrogens (tertiary/aromatic N) is 1. The Balaban J connectivity index is 3.50. The second-order valence-electron chi connectivity index (χ2n) is 0.567. The zero-order valence-electron chi connectivity index (χ0n) is 2.85. The highest BCUT2D eigenvalue weighted by Crippen LogP contribution is 1.74. The Kier molecular flexibility index (Phi) is 2.40. The number of rotatable bonds is 1. The average Bonchev–Trinajstić information content (AvgIpc) is 1.65. The van der Waals surface area contributed by atoms with Crippen molar-refractivity contribution >= 4 is 23.0 Å². The maximum Gasteiger partial charge on any atom is 0.185 e. The van der Waals surface area contributed by atoms with Gasteiger partial charge in [0.2, 0.25) is 0 Å². The lowest BCUT2D eigenvalue weighted by Gasteiger charge is -1.71. The fourth-order valence-electron chi connectivity index (χ4n) is 0.0289. The van der Waals surface area contributed by atoms with Crippen LogP contribution in [0.3, 0.4) is 0 Å². The molecule has 0 rings (SSSR count). The first-order valence-electron chi connectivity index (χ1n) is 1.19. The Morgan fingerprint density at radius 1 is 2.00 bits per heavy atom. The molecule has 0 unspecified atom stereocenters. The minimum Gasteiger partial charge on any atom is -0.410 e. The summed E-state index contributed by atoms with van der Waals surface area (Å²) in [7, 11) is 0. The van der Waals surface area contributed by atoms with Crippen molar-refractivity contribution in [3.8, 4) is 0 Å². The number of hydrogen-bond donors (Lipinski definition) is 2. The molecular formula is C2H3ClN2O. The predicted molar refractivity (Wildman–Crippen MR) is 23.9 cm³/mol. The Hall–Kier alpha value is -0.570. The molecule has 0 spiro atoms. The molecule has 0 bridgehead atoms.